The summed E-state index contributed by atoms with van der Waals surface area (Å²) in [5, 5.41) is 0. The molecule has 2 unspecified atom stereocenters. The lowest BCUT2D eigenvalue weighted by atomic mass is 9.77. The van der Waals surface area contributed by atoms with E-state index in [4.69, 9.17) is 0 Å². The maximum absolute atomic E-state index is 2.75. The van der Waals surface area contributed by atoms with Crippen LogP contribution in [-0.4, -0.2) is 47.1 Å². The van der Waals surface area contributed by atoms with Gasteiger partial charge in [-0.15, -0.1) is 0 Å². The van der Waals surface area contributed by atoms with E-state index in [9.17, 15) is 0 Å². The number of rotatable bonds is 2. The van der Waals surface area contributed by atoms with Crippen LogP contribution in [0.2, 0.25) is 0 Å². The Morgan fingerprint density at radius 3 is 1.89 bits per heavy atom. The van der Waals surface area contributed by atoms with E-state index in [0.29, 0.717) is 11.1 Å². The Labute approximate surface area is 120 Å². The van der Waals surface area contributed by atoms with Crippen molar-refractivity contribution in [3.63, 3.8) is 0 Å². The fourth-order valence-corrected chi connectivity index (χ4v) is 3.75. The van der Waals surface area contributed by atoms with Crippen LogP contribution < -0.4 is 0 Å². The Bertz CT molecular complexity index is 303. The first-order valence-electron chi connectivity index (χ1n) is 8.24. The van der Waals surface area contributed by atoms with Crippen LogP contribution in [0.4, 0.5) is 0 Å². The summed E-state index contributed by atoms with van der Waals surface area (Å²) in [4.78, 5) is 5.46. The van der Waals surface area contributed by atoms with Gasteiger partial charge >= 0.3 is 0 Å². The van der Waals surface area contributed by atoms with Gasteiger partial charge in [0.15, 0.2) is 0 Å². The molecule has 0 radical (unpaired) electrons. The van der Waals surface area contributed by atoms with Crippen molar-refractivity contribution >= 4 is 0 Å². The van der Waals surface area contributed by atoms with E-state index in [1.807, 2.05) is 0 Å². The molecule has 0 aromatic rings. The fraction of sp³-hybridized carbons (Fsp3) is 1.00. The van der Waals surface area contributed by atoms with Crippen LogP contribution in [-0.2, 0) is 0 Å². The van der Waals surface area contributed by atoms with Gasteiger partial charge in [0.05, 0.1) is 0 Å². The minimum Gasteiger partial charge on any atom is -0.298 e. The monoisotopic (exact) mass is 266 g/mol. The molecular weight excluding hydrogens is 232 g/mol. The lowest BCUT2D eigenvalue weighted by Gasteiger charge is -2.52. The van der Waals surface area contributed by atoms with Gasteiger partial charge in [-0.3, -0.25) is 9.80 Å². The van der Waals surface area contributed by atoms with Crippen molar-refractivity contribution in [3.8, 4) is 0 Å². The highest BCUT2D eigenvalue weighted by molar-refractivity contribution is 4.94. The fourth-order valence-electron chi connectivity index (χ4n) is 3.75. The topological polar surface area (TPSA) is 6.48 Å². The lowest BCUT2D eigenvalue weighted by molar-refractivity contribution is -0.0260. The summed E-state index contributed by atoms with van der Waals surface area (Å²) in [7, 11) is 0. The Kier molecular flexibility index (Phi) is 4.32. The molecule has 2 atom stereocenters. The summed E-state index contributed by atoms with van der Waals surface area (Å²) in [6.07, 6.45) is 4.10. The van der Waals surface area contributed by atoms with Crippen molar-refractivity contribution < 1.29 is 0 Å². The molecule has 19 heavy (non-hydrogen) atoms. The Morgan fingerprint density at radius 2 is 1.37 bits per heavy atom. The van der Waals surface area contributed by atoms with E-state index in [2.05, 4.69) is 51.3 Å². The molecule has 0 spiro atoms. The van der Waals surface area contributed by atoms with E-state index < -0.39 is 0 Å². The summed E-state index contributed by atoms with van der Waals surface area (Å²) in [6, 6.07) is 0. The Hall–Kier alpha value is -0.0800. The van der Waals surface area contributed by atoms with Gasteiger partial charge in [0.2, 0.25) is 0 Å². The SMILES string of the molecule is CCC(C)(C)N1CCC2CCN(C(C)(C)C)CC2C1. The molecule has 0 bridgehead atoms. The Balaban J connectivity index is 2.01. The van der Waals surface area contributed by atoms with E-state index >= 15 is 0 Å². The number of likely N-dealkylation sites (tertiary alicyclic amines) is 2. The second-order valence-corrected chi connectivity index (χ2v) is 8.33. The van der Waals surface area contributed by atoms with Crippen LogP contribution in [0.1, 0.15) is 60.8 Å². The first-order chi connectivity index (χ1) is 8.74. The highest BCUT2D eigenvalue weighted by Gasteiger charge is 2.39. The quantitative estimate of drug-likeness (QED) is 0.753. The maximum Gasteiger partial charge on any atom is 0.0150 e. The van der Waals surface area contributed by atoms with Crippen LogP contribution in [0.3, 0.4) is 0 Å². The zero-order valence-electron chi connectivity index (χ0n) is 14.0. The van der Waals surface area contributed by atoms with Gasteiger partial charge in [-0.1, -0.05) is 6.92 Å². The summed E-state index contributed by atoms with van der Waals surface area (Å²) in [5.41, 5.74) is 0.725. The smallest absolute Gasteiger partial charge is 0.0150 e. The standard InChI is InChI=1S/C17H34N2/c1-7-17(5,6)19-11-9-14-8-10-18(16(2,3)4)12-15(14)13-19/h14-15H,7-13H2,1-6H3. The van der Waals surface area contributed by atoms with E-state index in [1.165, 1.54) is 45.4 Å². The highest BCUT2D eigenvalue weighted by atomic mass is 15.2. The van der Waals surface area contributed by atoms with E-state index in [1.54, 1.807) is 0 Å². The minimum absolute atomic E-state index is 0.341. The summed E-state index contributed by atoms with van der Waals surface area (Å²) < 4.78 is 0. The predicted molar refractivity (Wildman–Crippen MR) is 83.5 cm³/mol. The highest BCUT2D eigenvalue weighted by Crippen LogP contribution is 2.36. The molecule has 0 aliphatic carbocycles. The lowest BCUT2D eigenvalue weighted by Crippen LogP contribution is -2.57. The first kappa shape index (κ1) is 15.3. The molecule has 2 heterocycles. The van der Waals surface area contributed by atoms with Gasteiger partial charge in [0.1, 0.15) is 0 Å². The molecule has 0 aromatic carbocycles. The number of piperidine rings is 2. The zero-order valence-corrected chi connectivity index (χ0v) is 14.0. The van der Waals surface area contributed by atoms with E-state index in [0.717, 1.165) is 11.8 Å². The largest absolute Gasteiger partial charge is 0.298 e. The number of nitrogens with zero attached hydrogens (tertiary/aromatic N) is 2. The van der Waals surface area contributed by atoms with Crippen LogP contribution in [0.25, 0.3) is 0 Å². The molecule has 0 aromatic heterocycles. The summed E-state index contributed by atoms with van der Waals surface area (Å²) in [5.74, 6) is 1.88. The second-order valence-electron chi connectivity index (χ2n) is 8.33. The Morgan fingerprint density at radius 1 is 0.842 bits per heavy atom. The molecule has 0 saturated carbocycles. The minimum atomic E-state index is 0.341. The zero-order chi connectivity index (χ0) is 14.3. The third-order valence-electron chi connectivity index (χ3n) is 5.79. The van der Waals surface area contributed by atoms with Crippen LogP contribution in [0, 0.1) is 11.8 Å². The molecule has 112 valence electrons. The molecule has 2 saturated heterocycles. The van der Waals surface area contributed by atoms with Gasteiger partial charge in [-0.05, 0) is 78.8 Å². The third-order valence-corrected chi connectivity index (χ3v) is 5.79. The molecule has 2 fully saturated rings. The summed E-state index contributed by atoms with van der Waals surface area (Å²) >= 11 is 0. The van der Waals surface area contributed by atoms with Crippen LogP contribution in [0.5, 0.6) is 0 Å². The number of hydrogen-bond acceptors (Lipinski definition) is 2. The number of fused-ring (bicyclic) bond motifs is 1. The number of hydrogen-bond donors (Lipinski definition) is 0. The van der Waals surface area contributed by atoms with Crippen molar-refractivity contribution in [1.82, 2.24) is 9.80 Å². The molecule has 2 aliphatic heterocycles. The van der Waals surface area contributed by atoms with Crippen molar-refractivity contribution in [2.75, 3.05) is 26.2 Å². The van der Waals surface area contributed by atoms with Gasteiger partial charge in [-0.2, -0.15) is 0 Å². The van der Waals surface area contributed by atoms with Crippen molar-refractivity contribution in [2.24, 2.45) is 11.8 Å². The van der Waals surface area contributed by atoms with Crippen molar-refractivity contribution in [3.05, 3.63) is 0 Å². The predicted octanol–water partition coefficient (Wildman–Crippen LogP) is 3.62. The van der Waals surface area contributed by atoms with Crippen molar-refractivity contribution in [2.45, 2.75) is 71.9 Å². The average Bonchev–Trinajstić information content (AvgIpc) is 2.36. The maximum atomic E-state index is 2.75. The molecular formula is C17H34N2. The molecule has 2 heteroatoms. The van der Waals surface area contributed by atoms with Crippen molar-refractivity contribution in [1.29, 1.82) is 0 Å². The van der Waals surface area contributed by atoms with Gasteiger partial charge in [0, 0.05) is 24.2 Å². The molecule has 0 amide bonds. The van der Waals surface area contributed by atoms with Gasteiger partial charge in [-0.25, -0.2) is 0 Å². The normalized spacial score (nSPS) is 31.3. The van der Waals surface area contributed by atoms with Crippen LogP contribution in [0.15, 0.2) is 0 Å². The second kappa shape index (κ2) is 5.37. The molecule has 2 nitrogen and oxygen atoms in total. The molecule has 2 aliphatic rings. The average molecular weight is 266 g/mol. The van der Waals surface area contributed by atoms with E-state index in [-0.39, 0.29) is 0 Å². The summed E-state index contributed by atoms with van der Waals surface area (Å²) in [6.45, 7) is 19.5. The van der Waals surface area contributed by atoms with Crippen LogP contribution >= 0.6 is 0 Å². The van der Waals surface area contributed by atoms with Gasteiger partial charge < -0.3 is 0 Å². The first-order valence-corrected chi connectivity index (χ1v) is 8.24. The third kappa shape index (κ3) is 3.33. The molecule has 0 N–H and O–H groups in total. The molecule has 2 rings (SSSR count). The van der Waals surface area contributed by atoms with Gasteiger partial charge in [0.25, 0.3) is 0 Å².